The first-order chi connectivity index (χ1) is 13.7. The van der Waals surface area contributed by atoms with Gasteiger partial charge in [0.2, 0.25) is 0 Å². The van der Waals surface area contributed by atoms with Crippen molar-refractivity contribution in [3.05, 3.63) is 48.5 Å². The molecule has 28 heavy (non-hydrogen) atoms. The number of anilines is 1. The first kappa shape index (κ1) is 20.2. The van der Waals surface area contributed by atoms with Gasteiger partial charge in [0.1, 0.15) is 30.4 Å². The van der Waals surface area contributed by atoms with Gasteiger partial charge in [-0.25, -0.2) is 4.39 Å². The van der Waals surface area contributed by atoms with Crippen molar-refractivity contribution in [1.29, 1.82) is 0 Å². The van der Waals surface area contributed by atoms with Gasteiger partial charge in [0, 0.05) is 30.7 Å². The van der Waals surface area contributed by atoms with Gasteiger partial charge in [-0.05, 0) is 48.5 Å². The van der Waals surface area contributed by atoms with E-state index in [1.165, 1.54) is 0 Å². The zero-order valence-corrected chi connectivity index (χ0v) is 16.3. The molecule has 5 nitrogen and oxygen atoms in total. The van der Waals surface area contributed by atoms with Crippen LogP contribution in [0.2, 0.25) is 0 Å². The van der Waals surface area contributed by atoms with Gasteiger partial charge in [-0.3, -0.25) is 0 Å². The minimum absolute atomic E-state index is 0.117. The van der Waals surface area contributed by atoms with E-state index in [1.54, 1.807) is 0 Å². The monoisotopic (exact) mass is 386 g/mol. The summed E-state index contributed by atoms with van der Waals surface area (Å²) >= 11 is 0. The molecule has 3 rings (SSSR count). The second kappa shape index (κ2) is 10.1. The van der Waals surface area contributed by atoms with E-state index >= 15 is 0 Å². The summed E-state index contributed by atoms with van der Waals surface area (Å²) < 4.78 is 33.9. The van der Waals surface area contributed by atoms with E-state index in [0.717, 1.165) is 33.7 Å². The molecule has 3 aromatic rings. The number of benzene rings is 2. The van der Waals surface area contributed by atoms with Crippen LogP contribution in [0.5, 0.6) is 5.75 Å². The van der Waals surface area contributed by atoms with Crippen molar-refractivity contribution in [1.82, 2.24) is 0 Å². The summed E-state index contributed by atoms with van der Waals surface area (Å²) in [5, 5.41) is 0.990. The van der Waals surface area contributed by atoms with Crippen LogP contribution in [0.1, 0.15) is 0 Å². The van der Waals surface area contributed by atoms with E-state index in [2.05, 4.69) is 29.2 Å². The first-order valence-electron chi connectivity index (χ1n) is 9.33. The Kier molecular flexibility index (Phi) is 7.28. The number of halogens is 1. The highest BCUT2D eigenvalue weighted by Gasteiger charge is 2.08. The average molecular weight is 386 g/mol. The molecule has 0 unspecified atom stereocenters. The van der Waals surface area contributed by atoms with Gasteiger partial charge in [-0.2, -0.15) is 0 Å². The normalized spacial score (nSPS) is 11.1. The highest BCUT2D eigenvalue weighted by molar-refractivity contribution is 5.84. The molecule has 0 saturated carbocycles. The SMILES string of the molecule is CN(C)c1ccc(-c2cc3cc(OCCOCCOCC[18F])ccc3o2)cc1. The molecular formula is C22H26FNO4. The third-order valence-corrected chi connectivity index (χ3v) is 4.25. The van der Waals surface area contributed by atoms with E-state index < -0.39 is 6.67 Å². The summed E-state index contributed by atoms with van der Waals surface area (Å²) in [5.41, 5.74) is 3.00. The molecule has 1 heterocycles. The average Bonchev–Trinajstić information content (AvgIpc) is 3.13. The largest absolute Gasteiger partial charge is 0.491 e. The van der Waals surface area contributed by atoms with E-state index in [-0.39, 0.29) is 6.61 Å². The summed E-state index contributed by atoms with van der Waals surface area (Å²) in [6.07, 6.45) is 0. The molecule has 0 saturated heterocycles. The molecule has 0 radical (unpaired) electrons. The van der Waals surface area contributed by atoms with Crippen LogP contribution >= 0.6 is 0 Å². The van der Waals surface area contributed by atoms with E-state index in [1.807, 2.05) is 38.4 Å². The Hall–Kier alpha value is -2.57. The van der Waals surface area contributed by atoms with Crippen LogP contribution in [0.3, 0.4) is 0 Å². The maximum absolute atomic E-state index is 11.9. The lowest BCUT2D eigenvalue weighted by Crippen LogP contribution is -2.11. The van der Waals surface area contributed by atoms with E-state index in [9.17, 15) is 4.39 Å². The van der Waals surface area contributed by atoms with Gasteiger partial charge in [0.25, 0.3) is 0 Å². The van der Waals surface area contributed by atoms with Crippen molar-refractivity contribution in [2.24, 2.45) is 0 Å². The maximum Gasteiger partial charge on any atom is 0.135 e. The molecule has 0 bridgehead atoms. The minimum Gasteiger partial charge on any atom is -0.491 e. The fourth-order valence-corrected chi connectivity index (χ4v) is 2.77. The summed E-state index contributed by atoms with van der Waals surface area (Å²) in [4.78, 5) is 2.06. The van der Waals surface area contributed by atoms with Crippen LogP contribution in [-0.2, 0) is 9.47 Å². The lowest BCUT2D eigenvalue weighted by atomic mass is 10.1. The Morgan fingerprint density at radius 1 is 0.857 bits per heavy atom. The number of fused-ring (bicyclic) bond motifs is 1. The number of hydrogen-bond donors (Lipinski definition) is 0. The highest BCUT2D eigenvalue weighted by atomic mass is 18.2. The fraction of sp³-hybridized carbons (Fsp3) is 0.364. The number of alkyl halides is 1. The molecule has 0 spiro atoms. The Morgan fingerprint density at radius 2 is 1.57 bits per heavy atom. The molecule has 0 aliphatic heterocycles. The lowest BCUT2D eigenvalue weighted by molar-refractivity contribution is 0.0325. The molecule has 150 valence electrons. The van der Waals surface area contributed by atoms with Crippen molar-refractivity contribution in [3.8, 4) is 17.1 Å². The second-order valence-electron chi connectivity index (χ2n) is 6.51. The van der Waals surface area contributed by atoms with Crippen molar-refractivity contribution in [2.75, 3.05) is 58.7 Å². The molecular weight excluding hydrogens is 360 g/mol. The van der Waals surface area contributed by atoms with Gasteiger partial charge in [0.15, 0.2) is 0 Å². The van der Waals surface area contributed by atoms with Gasteiger partial charge >= 0.3 is 0 Å². The fourth-order valence-electron chi connectivity index (χ4n) is 2.77. The van der Waals surface area contributed by atoms with Crippen LogP contribution in [0.25, 0.3) is 22.3 Å². The Morgan fingerprint density at radius 3 is 2.29 bits per heavy atom. The zero-order chi connectivity index (χ0) is 19.8. The van der Waals surface area contributed by atoms with Crippen molar-refractivity contribution >= 4 is 16.7 Å². The molecule has 0 atom stereocenters. The number of hydrogen-bond acceptors (Lipinski definition) is 5. The molecule has 2 aromatic carbocycles. The quantitative estimate of drug-likeness (QED) is 0.453. The number of ether oxygens (including phenoxy) is 3. The Labute approximate surface area is 164 Å². The van der Waals surface area contributed by atoms with Crippen molar-refractivity contribution in [3.63, 3.8) is 0 Å². The number of rotatable bonds is 11. The van der Waals surface area contributed by atoms with Gasteiger partial charge in [-0.15, -0.1) is 0 Å². The van der Waals surface area contributed by atoms with E-state index in [0.29, 0.717) is 26.4 Å². The molecule has 0 N–H and O–H groups in total. The summed E-state index contributed by atoms with van der Waals surface area (Å²) in [6.45, 7) is 1.36. The molecule has 1 aromatic heterocycles. The van der Waals surface area contributed by atoms with Crippen LogP contribution in [-0.4, -0.2) is 53.8 Å². The zero-order valence-electron chi connectivity index (χ0n) is 16.3. The standard InChI is InChI=1S/C22H26FNO4/c1-24(2)19-5-3-17(4-6-19)22-16-18-15-20(7-8-21(18)28-22)27-14-13-26-12-11-25-10-9-23/h3-8,15-16H,9-14H2,1-2H3/i23-1. The van der Waals surface area contributed by atoms with Crippen LogP contribution in [0.4, 0.5) is 10.1 Å². The predicted molar refractivity (Wildman–Crippen MR) is 109 cm³/mol. The van der Waals surface area contributed by atoms with Crippen molar-refractivity contribution < 1.29 is 23.0 Å². The Balaban J connectivity index is 1.54. The summed E-state index contributed by atoms with van der Waals surface area (Å²) in [7, 11) is 4.03. The molecule has 6 heteroatoms. The molecule has 0 aliphatic rings. The summed E-state index contributed by atoms with van der Waals surface area (Å²) in [5.74, 6) is 1.59. The van der Waals surface area contributed by atoms with E-state index in [4.69, 9.17) is 18.6 Å². The minimum atomic E-state index is -0.470. The lowest BCUT2D eigenvalue weighted by Gasteiger charge is -2.11. The predicted octanol–water partition coefficient (Wildman–Crippen LogP) is 4.55. The topological polar surface area (TPSA) is 44.1 Å². The van der Waals surface area contributed by atoms with Crippen molar-refractivity contribution in [2.45, 2.75) is 0 Å². The number of nitrogens with zero attached hydrogens (tertiary/aromatic N) is 1. The Bertz CT molecular complexity index is 861. The first-order valence-corrected chi connectivity index (χ1v) is 9.33. The third kappa shape index (κ3) is 5.47. The van der Waals surface area contributed by atoms with Gasteiger partial charge in [0.05, 0.1) is 26.4 Å². The molecule has 0 amide bonds. The number of furan rings is 1. The molecule has 0 aliphatic carbocycles. The maximum atomic E-state index is 11.9. The smallest absolute Gasteiger partial charge is 0.135 e. The summed E-state index contributed by atoms with van der Waals surface area (Å²) in [6, 6.07) is 16.0. The van der Waals surface area contributed by atoms with Crippen LogP contribution in [0.15, 0.2) is 52.9 Å². The third-order valence-electron chi connectivity index (χ3n) is 4.25. The van der Waals surface area contributed by atoms with Crippen LogP contribution < -0.4 is 9.64 Å². The molecule has 0 fully saturated rings. The van der Waals surface area contributed by atoms with Gasteiger partial charge < -0.3 is 23.5 Å². The van der Waals surface area contributed by atoms with Crippen LogP contribution in [0, 0.1) is 0 Å². The highest BCUT2D eigenvalue weighted by Crippen LogP contribution is 2.31. The second-order valence-corrected chi connectivity index (χ2v) is 6.51. The van der Waals surface area contributed by atoms with Gasteiger partial charge in [-0.1, -0.05) is 0 Å².